The smallest absolute Gasteiger partial charge is 0.180 e. The summed E-state index contributed by atoms with van der Waals surface area (Å²) < 4.78 is 11.3. The van der Waals surface area contributed by atoms with Crippen molar-refractivity contribution < 1.29 is 14.6 Å². The average Bonchev–Trinajstić information content (AvgIpc) is 2.69. The van der Waals surface area contributed by atoms with Gasteiger partial charge in [0.1, 0.15) is 12.4 Å². The van der Waals surface area contributed by atoms with Crippen LogP contribution in [0.3, 0.4) is 0 Å². The molecule has 0 bridgehead atoms. The van der Waals surface area contributed by atoms with E-state index < -0.39 is 0 Å². The van der Waals surface area contributed by atoms with Crippen molar-refractivity contribution in [3.63, 3.8) is 0 Å². The van der Waals surface area contributed by atoms with Crippen LogP contribution in [0, 0.1) is 0 Å². The molecule has 2 N–H and O–H groups in total. The van der Waals surface area contributed by atoms with E-state index >= 15 is 0 Å². The third-order valence-corrected chi connectivity index (χ3v) is 5.04. The van der Waals surface area contributed by atoms with E-state index in [0.717, 1.165) is 16.8 Å². The molecule has 28 heavy (non-hydrogen) atoms. The van der Waals surface area contributed by atoms with Gasteiger partial charge in [0, 0.05) is 12.2 Å². The molecule has 0 spiro atoms. The standard InChI is InChI=1S/C21H18Cl3NO3/c1-27-20-10-14(11-25-15-3-5-16(26)6-4-15)9-19(24)21(20)28-12-13-2-7-17(22)18(23)8-13/h2-10,25-26H,11-12H2,1H3. The summed E-state index contributed by atoms with van der Waals surface area (Å²) in [4.78, 5) is 0. The Kier molecular flexibility index (Phi) is 6.79. The first-order valence-corrected chi connectivity index (χ1v) is 9.55. The molecule has 7 heteroatoms. The number of hydrogen-bond donors (Lipinski definition) is 2. The molecular formula is C21H18Cl3NO3. The molecule has 0 aliphatic heterocycles. The summed E-state index contributed by atoms with van der Waals surface area (Å²) in [7, 11) is 1.56. The predicted octanol–water partition coefficient (Wildman–Crippen LogP) is 6.55. The van der Waals surface area contributed by atoms with Crippen molar-refractivity contribution in [2.75, 3.05) is 12.4 Å². The van der Waals surface area contributed by atoms with E-state index in [4.69, 9.17) is 44.3 Å². The SMILES string of the molecule is COc1cc(CNc2ccc(O)cc2)cc(Cl)c1OCc1ccc(Cl)c(Cl)c1. The topological polar surface area (TPSA) is 50.7 Å². The molecule has 3 aromatic carbocycles. The largest absolute Gasteiger partial charge is 0.508 e. The van der Waals surface area contributed by atoms with E-state index in [0.29, 0.717) is 33.1 Å². The van der Waals surface area contributed by atoms with Crippen molar-refractivity contribution in [1.29, 1.82) is 0 Å². The highest BCUT2D eigenvalue weighted by Gasteiger charge is 2.13. The Morgan fingerprint density at radius 3 is 2.25 bits per heavy atom. The van der Waals surface area contributed by atoms with Crippen LogP contribution in [0.25, 0.3) is 0 Å². The van der Waals surface area contributed by atoms with Crippen LogP contribution in [0.2, 0.25) is 15.1 Å². The Labute approximate surface area is 178 Å². The van der Waals surface area contributed by atoms with Crippen molar-refractivity contribution in [3.8, 4) is 17.2 Å². The van der Waals surface area contributed by atoms with E-state index in [1.54, 1.807) is 43.5 Å². The minimum atomic E-state index is 0.221. The van der Waals surface area contributed by atoms with Gasteiger partial charge in [0.15, 0.2) is 11.5 Å². The molecule has 0 amide bonds. The number of rotatable bonds is 7. The molecule has 0 saturated carbocycles. The summed E-state index contributed by atoms with van der Waals surface area (Å²) in [6.07, 6.45) is 0. The van der Waals surface area contributed by atoms with Gasteiger partial charge in [-0.05, 0) is 59.7 Å². The predicted molar refractivity (Wildman–Crippen MR) is 114 cm³/mol. The number of benzene rings is 3. The molecule has 0 fully saturated rings. The lowest BCUT2D eigenvalue weighted by molar-refractivity contribution is 0.284. The Hall–Kier alpha value is -2.27. The highest BCUT2D eigenvalue weighted by Crippen LogP contribution is 2.37. The maximum absolute atomic E-state index is 9.35. The molecule has 0 saturated heterocycles. The number of nitrogens with one attached hydrogen (secondary N) is 1. The van der Waals surface area contributed by atoms with Crippen LogP contribution in [0.4, 0.5) is 5.69 Å². The zero-order chi connectivity index (χ0) is 20.1. The third kappa shape index (κ3) is 5.16. The normalized spacial score (nSPS) is 10.6. The third-order valence-electron chi connectivity index (χ3n) is 4.02. The number of methoxy groups -OCH3 is 1. The first-order valence-electron chi connectivity index (χ1n) is 8.42. The Morgan fingerprint density at radius 1 is 0.857 bits per heavy atom. The number of aromatic hydroxyl groups is 1. The van der Waals surface area contributed by atoms with Crippen molar-refractivity contribution >= 4 is 40.5 Å². The minimum absolute atomic E-state index is 0.221. The summed E-state index contributed by atoms with van der Waals surface area (Å²) in [5.41, 5.74) is 2.68. The lowest BCUT2D eigenvalue weighted by Crippen LogP contribution is -2.02. The quantitative estimate of drug-likeness (QED) is 0.411. The number of ether oxygens (including phenoxy) is 2. The fourth-order valence-corrected chi connectivity index (χ4v) is 3.19. The highest BCUT2D eigenvalue weighted by atomic mass is 35.5. The van der Waals surface area contributed by atoms with E-state index in [-0.39, 0.29) is 12.4 Å². The van der Waals surface area contributed by atoms with E-state index in [2.05, 4.69) is 5.32 Å². The van der Waals surface area contributed by atoms with E-state index in [9.17, 15) is 5.11 Å². The van der Waals surface area contributed by atoms with Crippen molar-refractivity contribution in [3.05, 3.63) is 80.8 Å². The van der Waals surface area contributed by atoms with Gasteiger partial charge in [0.05, 0.1) is 22.2 Å². The maximum atomic E-state index is 9.35. The summed E-state index contributed by atoms with van der Waals surface area (Å²) >= 11 is 18.4. The number of hydrogen-bond acceptors (Lipinski definition) is 4. The van der Waals surface area contributed by atoms with Gasteiger partial charge in [-0.1, -0.05) is 40.9 Å². The lowest BCUT2D eigenvalue weighted by Gasteiger charge is -2.15. The summed E-state index contributed by atoms with van der Waals surface area (Å²) in [5, 5.41) is 14.0. The molecule has 0 aliphatic rings. The van der Waals surface area contributed by atoms with E-state index in [1.807, 2.05) is 18.2 Å². The van der Waals surface area contributed by atoms with Crippen molar-refractivity contribution in [2.24, 2.45) is 0 Å². The van der Waals surface area contributed by atoms with Gasteiger partial charge >= 0.3 is 0 Å². The van der Waals surface area contributed by atoms with E-state index in [1.165, 1.54) is 0 Å². The van der Waals surface area contributed by atoms with Gasteiger partial charge in [-0.25, -0.2) is 0 Å². The van der Waals surface area contributed by atoms with Crippen LogP contribution in [0.15, 0.2) is 54.6 Å². The first kappa shape index (κ1) is 20.5. The second-order valence-corrected chi connectivity index (χ2v) is 7.27. The first-order chi connectivity index (χ1) is 13.5. The fraction of sp³-hybridized carbons (Fsp3) is 0.143. The summed E-state index contributed by atoms with van der Waals surface area (Å²) in [6.45, 7) is 0.812. The van der Waals surface area contributed by atoms with Crippen LogP contribution in [-0.4, -0.2) is 12.2 Å². The van der Waals surface area contributed by atoms with Crippen molar-refractivity contribution in [1.82, 2.24) is 0 Å². The molecule has 0 aliphatic carbocycles. The molecular weight excluding hydrogens is 421 g/mol. The number of phenolic OH excluding ortho intramolecular Hbond substituents is 1. The second kappa shape index (κ2) is 9.28. The summed E-state index contributed by atoms with van der Waals surface area (Å²) in [5.74, 6) is 1.22. The zero-order valence-electron chi connectivity index (χ0n) is 15.0. The molecule has 0 radical (unpaired) electrons. The minimum Gasteiger partial charge on any atom is -0.508 e. The Morgan fingerprint density at radius 2 is 1.57 bits per heavy atom. The van der Waals surface area contributed by atoms with Gasteiger partial charge in [-0.2, -0.15) is 0 Å². The van der Waals surface area contributed by atoms with Crippen LogP contribution in [0.5, 0.6) is 17.2 Å². The van der Waals surface area contributed by atoms with Crippen LogP contribution < -0.4 is 14.8 Å². The van der Waals surface area contributed by atoms with Crippen LogP contribution >= 0.6 is 34.8 Å². The van der Waals surface area contributed by atoms with Crippen LogP contribution in [0.1, 0.15) is 11.1 Å². The Bertz CT molecular complexity index is 962. The van der Waals surface area contributed by atoms with Gasteiger partial charge < -0.3 is 19.9 Å². The Balaban J connectivity index is 1.71. The summed E-state index contributed by atoms with van der Waals surface area (Å²) in [6, 6.07) is 15.8. The van der Waals surface area contributed by atoms with Gasteiger partial charge in [-0.15, -0.1) is 0 Å². The van der Waals surface area contributed by atoms with Crippen LogP contribution in [-0.2, 0) is 13.2 Å². The fourth-order valence-electron chi connectivity index (χ4n) is 2.58. The van der Waals surface area contributed by atoms with Gasteiger partial charge in [0.2, 0.25) is 0 Å². The van der Waals surface area contributed by atoms with Crippen molar-refractivity contribution in [2.45, 2.75) is 13.2 Å². The van der Waals surface area contributed by atoms with Gasteiger partial charge in [-0.3, -0.25) is 0 Å². The number of phenols is 1. The molecule has 0 heterocycles. The molecule has 3 rings (SSSR count). The number of halogens is 3. The zero-order valence-corrected chi connectivity index (χ0v) is 17.3. The number of anilines is 1. The molecule has 146 valence electrons. The average molecular weight is 439 g/mol. The van der Waals surface area contributed by atoms with Gasteiger partial charge in [0.25, 0.3) is 0 Å². The lowest BCUT2D eigenvalue weighted by atomic mass is 10.2. The second-order valence-electron chi connectivity index (χ2n) is 6.05. The monoisotopic (exact) mass is 437 g/mol. The molecule has 3 aromatic rings. The molecule has 4 nitrogen and oxygen atoms in total. The molecule has 0 atom stereocenters. The highest BCUT2D eigenvalue weighted by molar-refractivity contribution is 6.42. The molecule has 0 aromatic heterocycles. The maximum Gasteiger partial charge on any atom is 0.180 e. The molecule has 0 unspecified atom stereocenters.